The summed E-state index contributed by atoms with van der Waals surface area (Å²) in [5, 5.41) is 3.26. The molecule has 2 atom stereocenters. The van der Waals surface area contributed by atoms with Crippen molar-refractivity contribution in [1.29, 1.82) is 0 Å². The Bertz CT molecular complexity index is 456. The van der Waals surface area contributed by atoms with Gasteiger partial charge in [-0.3, -0.25) is 0 Å². The van der Waals surface area contributed by atoms with Crippen LogP contribution in [0, 0.1) is 0 Å². The summed E-state index contributed by atoms with van der Waals surface area (Å²) in [5.74, 6) is -2.48. The summed E-state index contributed by atoms with van der Waals surface area (Å²) < 4.78 is 26.1. The maximum absolute atomic E-state index is 13.4. The van der Waals surface area contributed by atoms with E-state index in [0.717, 1.165) is 0 Å². The molecule has 2 aliphatic heterocycles. The molecule has 0 spiro atoms. The molecule has 6 amide bonds. The van der Waals surface area contributed by atoms with Crippen molar-refractivity contribution in [3.8, 4) is 0 Å². The average Bonchev–Trinajstić information content (AvgIpc) is 2.66. The predicted molar refractivity (Wildman–Crippen MR) is 51.3 cm³/mol. The van der Waals surface area contributed by atoms with Gasteiger partial charge in [-0.2, -0.15) is 0 Å². The van der Waals surface area contributed by atoms with E-state index >= 15 is 0 Å². The van der Waals surface area contributed by atoms with Crippen LogP contribution in [0.2, 0.25) is 0 Å². The van der Waals surface area contributed by atoms with Gasteiger partial charge in [0.05, 0.1) is 0 Å². The molecule has 0 saturated carbocycles. The van der Waals surface area contributed by atoms with E-state index in [1.807, 2.05) is 0 Å². The van der Waals surface area contributed by atoms with Crippen LogP contribution in [0.5, 0.6) is 0 Å². The van der Waals surface area contributed by atoms with Crippen molar-refractivity contribution in [2.24, 2.45) is 0 Å². The first-order valence-electron chi connectivity index (χ1n) is 4.45. The van der Waals surface area contributed by atoms with Crippen LogP contribution in [-0.2, 0) is 9.59 Å². The van der Waals surface area contributed by atoms with Crippen molar-refractivity contribution in [3.63, 3.8) is 0 Å². The summed E-state index contributed by atoms with van der Waals surface area (Å²) in [4.78, 5) is 44.6. The van der Waals surface area contributed by atoms with Crippen LogP contribution in [0.25, 0.3) is 0 Å². The minimum absolute atomic E-state index is 0.201. The van der Waals surface area contributed by atoms with E-state index in [-0.39, 0.29) is 9.80 Å². The number of rotatable bonds is 2. The number of halogens is 2. The molecule has 2 fully saturated rings. The summed E-state index contributed by atoms with van der Waals surface area (Å²) in [6, 6.07) is -2.33. The first-order valence-corrected chi connectivity index (χ1v) is 5.30. The fraction of sp³-hybridized carbons (Fsp3) is 0.286. The number of hydrogen-bond acceptors (Lipinski definition) is 4. The van der Waals surface area contributed by atoms with Crippen molar-refractivity contribution < 1.29 is 28.0 Å². The monoisotopic (exact) mass is 326 g/mol. The molecule has 96 valence electrons. The number of imide groups is 2. The normalized spacial score (nSPS) is 27.7. The number of hydrogen-bond donors (Lipinski definition) is 2. The first-order chi connectivity index (χ1) is 8.34. The molecule has 0 bridgehead atoms. The SMILES string of the molecule is O=C1NC(=O)N(C(=[Se])N2C(=O)NC(=O)C2F)C1F. The number of amides is 6. The molecule has 2 N–H and O–H groups in total. The van der Waals surface area contributed by atoms with Gasteiger partial charge in [0.1, 0.15) is 0 Å². The number of urea groups is 2. The number of carbonyl (C=O) groups excluding carboxylic acids is 4. The van der Waals surface area contributed by atoms with Gasteiger partial charge in [-0.25, -0.2) is 0 Å². The molecule has 2 rings (SSSR count). The molecule has 2 saturated heterocycles. The second kappa shape index (κ2) is 4.10. The van der Waals surface area contributed by atoms with Crippen molar-refractivity contribution in [2.45, 2.75) is 12.6 Å². The Hall–Kier alpha value is -1.87. The third-order valence-electron chi connectivity index (χ3n) is 2.20. The average molecular weight is 325 g/mol. The molecule has 2 unspecified atom stereocenters. The molecular formula is C7H4F2N4O4Se. The maximum atomic E-state index is 13.4. The van der Waals surface area contributed by atoms with E-state index < -0.39 is 41.1 Å². The molecule has 8 nitrogen and oxygen atoms in total. The molecule has 0 aromatic heterocycles. The topological polar surface area (TPSA) is 98.8 Å². The standard InChI is InChI=1S/C7H4F2N4O4Se/c8-1-3(14)10-5(16)12(1)7(18)13-2(9)4(15)11-6(13)17/h1-2H,(H,10,14,16)(H,11,15,17). The summed E-state index contributed by atoms with van der Waals surface area (Å²) in [6.45, 7) is 0. The third kappa shape index (κ3) is 1.68. The van der Waals surface area contributed by atoms with Gasteiger partial charge >= 0.3 is 105 Å². The molecule has 2 heterocycles. The molecule has 2 aliphatic rings. The Morgan fingerprint density at radius 2 is 1.28 bits per heavy atom. The Kier molecular flexibility index (Phi) is 2.87. The molecule has 18 heavy (non-hydrogen) atoms. The van der Waals surface area contributed by atoms with Gasteiger partial charge < -0.3 is 0 Å². The van der Waals surface area contributed by atoms with Crippen LogP contribution in [0.1, 0.15) is 0 Å². The molecule has 0 aromatic rings. The quantitative estimate of drug-likeness (QED) is 0.346. The molecule has 11 heteroatoms. The van der Waals surface area contributed by atoms with Gasteiger partial charge in [0.15, 0.2) is 0 Å². The van der Waals surface area contributed by atoms with Crippen molar-refractivity contribution in [2.75, 3.05) is 0 Å². The first kappa shape index (κ1) is 12.6. The summed E-state index contributed by atoms with van der Waals surface area (Å²) >= 11 is 2.09. The van der Waals surface area contributed by atoms with E-state index in [0.29, 0.717) is 0 Å². The number of alkyl halides is 2. The van der Waals surface area contributed by atoms with Crippen LogP contribution < -0.4 is 10.6 Å². The molecule has 0 aliphatic carbocycles. The van der Waals surface area contributed by atoms with Gasteiger partial charge in [-0.1, -0.05) is 0 Å². The predicted octanol–water partition coefficient (Wildman–Crippen LogP) is -2.06. The zero-order valence-electron chi connectivity index (χ0n) is 8.35. The number of nitrogens with zero attached hydrogens (tertiary/aromatic N) is 2. The fourth-order valence-corrected chi connectivity index (χ4v) is 2.11. The molecule has 0 radical (unpaired) electrons. The minimum atomic E-state index is -2.40. The number of nitrogens with one attached hydrogen (secondary N) is 2. The van der Waals surface area contributed by atoms with Crippen LogP contribution in [0.15, 0.2) is 0 Å². The summed E-state index contributed by atoms with van der Waals surface area (Å²) in [5.41, 5.74) is 0. The summed E-state index contributed by atoms with van der Waals surface area (Å²) in [7, 11) is 0. The van der Waals surface area contributed by atoms with Crippen LogP contribution in [0.3, 0.4) is 0 Å². The van der Waals surface area contributed by atoms with Crippen molar-refractivity contribution in [1.82, 2.24) is 20.4 Å². The molecular weight excluding hydrogens is 321 g/mol. The fourth-order valence-electron chi connectivity index (χ4n) is 1.37. The van der Waals surface area contributed by atoms with Gasteiger partial charge in [0.25, 0.3) is 0 Å². The van der Waals surface area contributed by atoms with Crippen LogP contribution >= 0.6 is 0 Å². The number of carbonyl (C=O) groups is 4. The van der Waals surface area contributed by atoms with Gasteiger partial charge in [-0.05, 0) is 0 Å². The third-order valence-corrected chi connectivity index (χ3v) is 3.02. The van der Waals surface area contributed by atoms with Crippen molar-refractivity contribution >= 4 is 44.1 Å². The Morgan fingerprint density at radius 3 is 1.50 bits per heavy atom. The van der Waals surface area contributed by atoms with E-state index in [4.69, 9.17) is 0 Å². The Balaban J connectivity index is 2.27. The second-order valence-electron chi connectivity index (χ2n) is 3.28. The molecule has 0 aromatic carbocycles. The van der Waals surface area contributed by atoms with Crippen LogP contribution in [-0.4, -0.2) is 66.5 Å². The van der Waals surface area contributed by atoms with Crippen molar-refractivity contribution in [3.05, 3.63) is 0 Å². The van der Waals surface area contributed by atoms with E-state index in [1.54, 1.807) is 10.6 Å². The van der Waals surface area contributed by atoms with Gasteiger partial charge in [0.2, 0.25) is 0 Å². The van der Waals surface area contributed by atoms with E-state index in [2.05, 4.69) is 15.6 Å². The Morgan fingerprint density at radius 1 is 0.944 bits per heavy atom. The zero-order chi connectivity index (χ0) is 13.6. The van der Waals surface area contributed by atoms with E-state index in [9.17, 15) is 28.0 Å². The van der Waals surface area contributed by atoms with Gasteiger partial charge in [-0.15, -0.1) is 0 Å². The Labute approximate surface area is 106 Å². The van der Waals surface area contributed by atoms with E-state index in [1.165, 1.54) is 0 Å². The van der Waals surface area contributed by atoms with Crippen LogP contribution in [0.4, 0.5) is 18.4 Å². The zero-order valence-corrected chi connectivity index (χ0v) is 10.1. The van der Waals surface area contributed by atoms with Gasteiger partial charge in [0, 0.05) is 0 Å². The second-order valence-corrected chi connectivity index (χ2v) is 4.05. The summed E-state index contributed by atoms with van der Waals surface area (Å²) in [6.07, 6.45) is -4.80.